The minimum atomic E-state index is -2.32. The van der Waals surface area contributed by atoms with Crippen molar-refractivity contribution in [3.63, 3.8) is 0 Å². The lowest BCUT2D eigenvalue weighted by atomic mass is 9.97. The van der Waals surface area contributed by atoms with Crippen LogP contribution in [0.4, 0.5) is 0 Å². The Morgan fingerprint density at radius 1 is 0.680 bits per heavy atom. The first-order valence-corrected chi connectivity index (χ1v) is 13.8. The Labute approximate surface area is 164 Å². The zero-order valence-electron chi connectivity index (χ0n) is 15.9. The van der Waals surface area contributed by atoms with Crippen LogP contribution in [0.2, 0.25) is 12.1 Å². The lowest BCUT2D eigenvalue weighted by Crippen LogP contribution is -2.25. The molecular formula is C22H30Cl2Si. The number of hydrogen-bond donors (Lipinski definition) is 0. The monoisotopic (exact) mass is 392 g/mol. The lowest BCUT2D eigenvalue weighted by molar-refractivity contribution is 0.699. The molecule has 2 rings (SSSR count). The molecule has 25 heavy (non-hydrogen) atoms. The van der Waals surface area contributed by atoms with Crippen molar-refractivity contribution in [2.45, 2.75) is 64.5 Å². The Bertz CT molecular complexity index is 589. The SMILES string of the molecule is CCC(C[Si](Cl)(Cl)CC(CC)c1ccc(C)cc1)c1ccc(C)cc1. The van der Waals surface area contributed by atoms with Gasteiger partial charge in [-0.25, -0.2) is 0 Å². The molecule has 3 heteroatoms. The summed E-state index contributed by atoms with van der Waals surface area (Å²) in [5.41, 5.74) is 5.33. The quantitative estimate of drug-likeness (QED) is 0.316. The van der Waals surface area contributed by atoms with Crippen molar-refractivity contribution in [3.8, 4) is 0 Å². The fraction of sp³-hybridized carbons (Fsp3) is 0.455. The maximum absolute atomic E-state index is 6.95. The smallest absolute Gasteiger partial charge is 0.146 e. The molecule has 0 N–H and O–H groups in total. The van der Waals surface area contributed by atoms with E-state index in [0.717, 1.165) is 24.9 Å². The summed E-state index contributed by atoms with van der Waals surface area (Å²) in [4.78, 5) is 0. The van der Waals surface area contributed by atoms with Gasteiger partial charge in [-0.1, -0.05) is 73.5 Å². The molecule has 2 aromatic carbocycles. The van der Waals surface area contributed by atoms with Gasteiger partial charge in [-0.05, 0) is 61.7 Å². The Morgan fingerprint density at radius 2 is 1.00 bits per heavy atom. The van der Waals surface area contributed by atoms with E-state index in [1.165, 1.54) is 22.3 Å². The van der Waals surface area contributed by atoms with Gasteiger partial charge in [-0.15, -0.1) is 22.2 Å². The van der Waals surface area contributed by atoms with Crippen molar-refractivity contribution in [1.82, 2.24) is 0 Å². The Morgan fingerprint density at radius 3 is 1.28 bits per heavy atom. The van der Waals surface area contributed by atoms with E-state index in [-0.39, 0.29) is 0 Å². The molecule has 2 aromatic rings. The predicted molar refractivity (Wildman–Crippen MR) is 115 cm³/mol. The van der Waals surface area contributed by atoms with Crippen LogP contribution in [0.5, 0.6) is 0 Å². The molecule has 0 amide bonds. The molecule has 0 aliphatic carbocycles. The molecule has 0 saturated carbocycles. The van der Waals surface area contributed by atoms with Crippen molar-refractivity contribution < 1.29 is 0 Å². The fourth-order valence-corrected chi connectivity index (χ4v) is 8.37. The molecule has 0 spiro atoms. The van der Waals surface area contributed by atoms with Crippen LogP contribution in [0.1, 0.15) is 60.8 Å². The number of hydrogen-bond acceptors (Lipinski definition) is 0. The molecule has 0 fully saturated rings. The second-order valence-electron chi connectivity index (χ2n) is 7.30. The van der Waals surface area contributed by atoms with Gasteiger partial charge in [0.1, 0.15) is 0 Å². The number of halogens is 2. The topological polar surface area (TPSA) is 0 Å². The second-order valence-corrected chi connectivity index (χ2v) is 14.7. The molecule has 136 valence electrons. The Hall–Kier alpha value is -0.763. The van der Waals surface area contributed by atoms with Crippen molar-refractivity contribution in [1.29, 1.82) is 0 Å². The van der Waals surface area contributed by atoms with Gasteiger partial charge in [0, 0.05) is 0 Å². The Kier molecular flexibility index (Phi) is 7.61. The molecule has 0 bridgehead atoms. The lowest BCUT2D eigenvalue weighted by Gasteiger charge is -2.27. The predicted octanol–water partition coefficient (Wildman–Crippen LogP) is 7.91. The van der Waals surface area contributed by atoms with Crippen molar-refractivity contribution in [2.75, 3.05) is 0 Å². The minimum absolute atomic E-state index is 0.456. The molecule has 0 heterocycles. The molecule has 2 unspecified atom stereocenters. The van der Waals surface area contributed by atoms with E-state index >= 15 is 0 Å². The maximum atomic E-state index is 6.95. The summed E-state index contributed by atoms with van der Waals surface area (Å²) >= 11 is 13.9. The Balaban J connectivity index is 2.10. The van der Waals surface area contributed by atoms with Crippen LogP contribution in [0.15, 0.2) is 48.5 Å². The van der Waals surface area contributed by atoms with E-state index in [1.807, 2.05) is 0 Å². The number of benzene rings is 2. The highest BCUT2D eigenvalue weighted by molar-refractivity contribution is 7.45. The van der Waals surface area contributed by atoms with E-state index in [2.05, 4.69) is 76.2 Å². The van der Waals surface area contributed by atoms with Gasteiger partial charge in [0.15, 0.2) is 0 Å². The summed E-state index contributed by atoms with van der Waals surface area (Å²) in [6.45, 7) is 6.40. The summed E-state index contributed by atoms with van der Waals surface area (Å²) in [6.07, 6.45) is 2.16. The highest BCUT2D eigenvalue weighted by atomic mass is 35.7. The summed E-state index contributed by atoms with van der Waals surface area (Å²) < 4.78 is 0. The summed E-state index contributed by atoms with van der Waals surface area (Å²) in [5, 5.41) is 0. The third-order valence-corrected chi connectivity index (χ3v) is 9.20. The summed E-state index contributed by atoms with van der Waals surface area (Å²) in [7, 11) is 0. The summed E-state index contributed by atoms with van der Waals surface area (Å²) in [6, 6.07) is 19.5. The highest BCUT2D eigenvalue weighted by Crippen LogP contribution is 2.41. The van der Waals surface area contributed by atoms with E-state index in [1.54, 1.807) is 0 Å². The average Bonchev–Trinajstić information content (AvgIpc) is 2.59. The molecule has 0 radical (unpaired) electrons. The zero-order valence-corrected chi connectivity index (χ0v) is 18.4. The third kappa shape index (κ3) is 6.16. The normalized spacial score (nSPS) is 14.3. The molecule has 0 nitrogen and oxygen atoms in total. The zero-order chi connectivity index (χ0) is 18.4. The van der Waals surface area contributed by atoms with Crippen LogP contribution in [0.3, 0.4) is 0 Å². The first kappa shape index (κ1) is 20.5. The molecule has 0 aromatic heterocycles. The van der Waals surface area contributed by atoms with Crippen LogP contribution in [-0.2, 0) is 0 Å². The van der Waals surface area contributed by atoms with Crippen molar-refractivity contribution in [3.05, 3.63) is 70.8 Å². The van der Waals surface area contributed by atoms with Gasteiger partial charge in [-0.2, -0.15) is 0 Å². The molecular weight excluding hydrogens is 363 g/mol. The van der Waals surface area contributed by atoms with Gasteiger partial charge < -0.3 is 0 Å². The number of rotatable bonds is 8. The third-order valence-electron chi connectivity index (χ3n) is 5.17. The van der Waals surface area contributed by atoms with Crippen LogP contribution < -0.4 is 0 Å². The molecule has 0 aliphatic heterocycles. The fourth-order valence-electron chi connectivity index (χ4n) is 3.48. The second kappa shape index (κ2) is 9.25. The summed E-state index contributed by atoms with van der Waals surface area (Å²) in [5.74, 6) is 0.913. The van der Waals surface area contributed by atoms with Crippen LogP contribution in [-0.4, -0.2) is 6.69 Å². The molecule has 2 atom stereocenters. The van der Waals surface area contributed by atoms with Crippen LogP contribution in [0, 0.1) is 13.8 Å². The van der Waals surface area contributed by atoms with Crippen LogP contribution in [0.25, 0.3) is 0 Å². The van der Waals surface area contributed by atoms with Gasteiger partial charge in [0.05, 0.1) is 0 Å². The molecule has 0 saturated heterocycles. The maximum Gasteiger partial charge on any atom is 0.252 e. The minimum Gasteiger partial charge on any atom is -0.146 e. The van der Waals surface area contributed by atoms with Crippen molar-refractivity contribution in [2.24, 2.45) is 0 Å². The van der Waals surface area contributed by atoms with Gasteiger partial charge >= 0.3 is 0 Å². The van der Waals surface area contributed by atoms with E-state index in [0.29, 0.717) is 11.8 Å². The number of aryl methyl sites for hydroxylation is 2. The van der Waals surface area contributed by atoms with Crippen molar-refractivity contribution >= 4 is 28.9 Å². The first-order chi connectivity index (χ1) is 11.8. The van der Waals surface area contributed by atoms with E-state index < -0.39 is 6.69 Å². The first-order valence-electron chi connectivity index (χ1n) is 9.35. The average molecular weight is 393 g/mol. The van der Waals surface area contributed by atoms with Crippen LogP contribution >= 0.6 is 22.2 Å². The van der Waals surface area contributed by atoms with Gasteiger partial charge in [-0.3, -0.25) is 0 Å². The van der Waals surface area contributed by atoms with Gasteiger partial charge in [0.25, 0.3) is 6.69 Å². The van der Waals surface area contributed by atoms with E-state index in [9.17, 15) is 0 Å². The highest BCUT2D eigenvalue weighted by Gasteiger charge is 2.35. The van der Waals surface area contributed by atoms with Gasteiger partial charge in [0.2, 0.25) is 0 Å². The van der Waals surface area contributed by atoms with E-state index in [4.69, 9.17) is 22.2 Å². The molecule has 0 aliphatic rings. The largest absolute Gasteiger partial charge is 0.252 e. The standard InChI is InChI=1S/C22H30Cl2Si/c1-5-19(21-11-7-17(3)8-12-21)15-25(23,24)16-20(6-2)22-13-9-18(4)10-14-22/h7-14,19-20H,5-6,15-16H2,1-4H3.